The topological polar surface area (TPSA) is 89.4 Å². The molecule has 3 aromatic heterocycles. The predicted octanol–water partition coefficient (Wildman–Crippen LogP) is 6.61. The van der Waals surface area contributed by atoms with Crippen LogP contribution in [0, 0.1) is 25.2 Å². The highest BCUT2D eigenvalue weighted by atomic mass is 15.4. The number of anilines is 2. The molecule has 0 aliphatic carbocycles. The summed E-state index contributed by atoms with van der Waals surface area (Å²) in [6.45, 7) is 10.0. The minimum absolute atomic E-state index is 0.514. The van der Waals surface area contributed by atoms with Gasteiger partial charge in [-0.1, -0.05) is 0 Å². The molecule has 0 amide bonds. The van der Waals surface area contributed by atoms with Crippen molar-refractivity contribution in [2.75, 3.05) is 31.5 Å². The lowest BCUT2D eigenvalue weighted by atomic mass is 9.95. The van der Waals surface area contributed by atoms with Crippen LogP contribution in [0.2, 0.25) is 0 Å². The van der Waals surface area contributed by atoms with Crippen molar-refractivity contribution in [1.29, 1.82) is 5.26 Å². The van der Waals surface area contributed by atoms with Gasteiger partial charge in [0.05, 0.1) is 36.1 Å². The monoisotopic (exact) mass is 546 g/mol. The van der Waals surface area contributed by atoms with Gasteiger partial charge in [-0.05, 0) is 81.2 Å². The van der Waals surface area contributed by atoms with Crippen LogP contribution < -0.4 is 10.6 Å². The van der Waals surface area contributed by atoms with Crippen LogP contribution >= 0.6 is 0 Å². The van der Waals surface area contributed by atoms with Crippen molar-refractivity contribution in [3.8, 4) is 6.07 Å². The molecule has 1 aromatic carbocycles. The molecular formula is C34H40N7+. The molecule has 41 heavy (non-hydrogen) atoms. The summed E-state index contributed by atoms with van der Waals surface area (Å²) < 4.78 is 1.23. The molecule has 2 saturated heterocycles. The maximum atomic E-state index is 9.91. The Bertz CT molecular complexity index is 1580. The fourth-order valence-corrected chi connectivity index (χ4v) is 6.91. The van der Waals surface area contributed by atoms with Crippen molar-refractivity contribution < 1.29 is 4.48 Å². The second kappa shape index (κ2) is 11.9. The molecule has 7 heteroatoms. The molecule has 6 rings (SSSR count). The van der Waals surface area contributed by atoms with Crippen molar-refractivity contribution in [3.05, 3.63) is 82.6 Å². The Hall–Kier alpha value is -3.99. The van der Waals surface area contributed by atoms with Crippen LogP contribution in [-0.4, -0.2) is 51.7 Å². The fraction of sp³-hybridized carbons (Fsp3) is 0.382. The van der Waals surface area contributed by atoms with Crippen molar-refractivity contribution in [2.45, 2.75) is 58.5 Å². The van der Waals surface area contributed by atoms with E-state index >= 15 is 0 Å². The molecule has 2 aliphatic rings. The van der Waals surface area contributed by atoms with Gasteiger partial charge in [-0.2, -0.15) is 5.26 Å². The van der Waals surface area contributed by atoms with E-state index in [0.29, 0.717) is 5.56 Å². The molecule has 210 valence electrons. The lowest BCUT2D eigenvalue weighted by Gasteiger charge is -2.49. The number of aryl methyl sites for hydroxylation is 2. The van der Waals surface area contributed by atoms with Crippen LogP contribution in [0.3, 0.4) is 0 Å². The molecule has 0 atom stereocenters. The van der Waals surface area contributed by atoms with E-state index in [1.165, 1.54) is 55.2 Å². The predicted molar refractivity (Wildman–Crippen MR) is 167 cm³/mol. The van der Waals surface area contributed by atoms with Crippen LogP contribution in [0.5, 0.6) is 0 Å². The van der Waals surface area contributed by atoms with E-state index in [2.05, 4.69) is 70.1 Å². The largest absolute Gasteiger partial charge is 0.361 e. The number of nitrogens with zero attached hydrogens (tertiary/aromatic N) is 4. The zero-order chi connectivity index (χ0) is 28.2. The van der Waals surface area contributed by atoms with E-state index in [0.717, 1.165) is 70.5 Å². The summed E-state index contributed by atoms with van der Waals surface area (Å²) in [5, 5.41) is 18.2. The SMILES string of the molecule is Cc1ncc(C#N)c(Nc2ccc3[nH]ccc3c2C)c1/C=C/c1ccc(C[N+]2(C3CCNCC3)CCCCC2)cn1. The molecule has 0 spiro atoms. The van der Waals surface area contributed by atoms with Gasteiger partial charge in [0, 0.05) is 77.9 Å². The van der Waals surface area contributed by atoms with E-state index in [1.807, 2.05) is 25.3 Å². The quantitative estimate of drug-likeness (QED) is 0.227. The number of rotatable bonds is 7. The standard InChI is InChI=1S/C34H40N7/c1-24-30-14-17-37-33(30)11-10-32(24)40-34-27(20-35)22-38-25(2)31(34)9-8-28-7-6-26(21-39-28)23-41(18-4-3-5-19-41)29-12-15-36-16-13-29/h6-11,14,17,21-22,29,36-37H,3-5,12-13,15-16,18-19,23H2,1-2H3,(H,38,40)/q+1/b9-8+. The van der Waals surface area contributed by atoms with E-state index in [9.17, 15) is 5.26 Å². The average Bonchev–Trinajstić information content (AvgIpc) is 3.50. The van der Waals surface area contributed by atoms with Crippen molar-refractivity contribution >= 4 is 34.4 Å². The Labute approximate surface area is 242 Å². The third-order valence-corrected chi connectivity index (χ3v) is 9.26. The van der Waals surface area contributed by atoms with Crippen LogP contribution in [0.4, 0.5) is 11.4 Å². The number of aromatic amines is 1. The lowest BCUT2D eigenvalue weighted by molar-refractivity contribution is -0.968. The number of hydrogen-bond donors (Lipinski definition) is 3. The van der Waals surface area contributed by atoms with E-state index < -0.39 is 0 Å². The summed E-state index contributed by atoms with van der Waals surface area (Å²) in [6, 6.07) is 13.7. The highest BCUT2D eigenvalue weighted by molar-refractivity contribution is 5.90. The highest BCUT2D eigenvalue weighted by Gasteiger charge is 2.38. The Kier molecular flexibility index (Phi) is 7.86. The minimum atomic E-state index is 0.514. The Balaban J connectivity index is 1.24. The van der Waals surface area contributed by atoms with Gasteiger partial charge in [0.25, 0.3) is 0 Å². The molecule has 3 N–H and O–H groups in total. The van der Waals surface area contributed by atoms with Crippen LogP contribution in [0.25, 0.3) is 23.1 Å². The third-order valence-electron chi connectivity index (χ3n) is 9.26. The van der Waals surface area contributed by atoms with Crippen LogP contribution in [0.1, 0.15) is 65.7 Å². The van der Waals surface area contributed by atoms with Gasteiger partial charge < -0.3 is 20.1 Å². The van der Waals surface area contributed by atoms with Crippen LogP contribution in [0.15, 0.2) is 48.9 Å². The number of H-pyrrole nitrogens is 1. The van der Waals surface area contributed by atoms with Gasteiger partial charge in [-0.25, -0.2) is 0 Å². The summed E-state index contributed by atoms with van der Waals surface area (Å²) in [5.41, 5.74) is 8.46. The number of nitrogens with one attached hydrogen (secondary N) is 3. The number of pyridine rings is 2. The smallest absolute Gasteiger partial charge is 0.106 e. The van der Waals surface area contributed by atoms with Gasteiger partial charge in [0.15, 0.2) is 0 Å². The summed E-state index contributed by atoms with van der Waals surface area (Å²) in [7, 11) is 0. The number of likely N-dealkylation sites (tertiary alicyclic amines) is 1. The maximum Gasteiger partial charge on any atom is 0.106 e. The molecule has 5 heterocycles. The second-order valence-electron chi connectivity index (χ2n) is 11.8. The molecular weight excluding hydrogens is 506 g/mol. The zero-order valence-corrected chi connectivity index (χ0v) is 24.2. The molecule has 0 bridgehead atoms. The molecule has 2 aliphatic heterocycles. The van der Waals surface area contributed by atoms with Gasteiger partial charge in [-0.3, -0.25) is 9.97 Å². The van der Waals surface area contributed by atoms with E-state index in [1.54, 1.807) is 6.20 Å². The molecule has 0 radical (unpaired) electrons. The minimum Gasteiger partial charge on any atom is -0.361 e. The molecule has 7 nitrogen and oxygen atoms in total. The summed E-state index contributed by atoms with van der Waals surface area (Å²) in [6.07, 6.45) is 16.3. The number of piperidine rings is 2. The molecule has 2 fully saturated rings. The van der Waals surface area contributed by atoms with Gasteiger partial charge >= 0.3 is 0 Å². The number of hydrogen-bond acceptors (Lipinski definition) is 5. The Morgan fingerprint density at radius 2 is 1.83 bits per heavy atom. The van der Waals surface area contributed by atoms with E-state index in [-0.39, 0.29) is 0 Å². The zero-order valence-electron chi connectivity index (χ0n) is 24.2. The fourth-order valence-electron chi connectivity index (χ4n) is 6.91. The second-order valence-corrected chi connectivity index (χ2v) is 11.8. The highest BCUT2D eigenvalue weighted by Crippen LogP contribution is 2.33. The number of quaternary nitrogens is 1. The number of nitriles is 1. The Morgan fingerprint density at radius 1 is 1.00 bits per heavy atom. The summed E-state index contributed by atoms with van der Waals surface area (Å²) in [4.78, 5) is 12.6. The van der Waals surface area contributed by atoms with E-state index in [4.69, 9.17) is 4.98 Å². The third kappa shape index (κ3) is 5.63. The van der Waals surface area contributed by atoms with Crippen molar-refractivity contribution in [3.63, 3.8) is 0 Å². The first-order chi connectivity index (χ1) is 20.1. The number of aromatic nitrogens is 3. The molecule has 0 saturated carbocycles. The molecule has 0 unspecified atom stereocenters. The first kappa shape index (κ1) is 27.2. The first-order valence-electron chi connectivity index (χ1n) is 15.0. The number of benzene rings is 1. The van der Waals surface area contributed by atoms with Gasteiger partial charge in [0.1, 0.15) is 12.6 Å². The lowest BCUT2D eigenvalue weighted by Crippen LogP contribution is -2.59. The first-order valence-corrected chi connectivity index (χ1v) is 15.0. The van der Waals surface area contributed by atoms with Crippen molar-refractivity contribution in [1.82, 2.24) is 20.3 Å². The summed E-state index contributed by atoms with van der Waals surface area (Å²) in [5.74, 6) is 0. The summed E-state index contributed by atoms with van der Waals surface area (Å²) >= 11 is 0. The number of fused-ring (bicyclic) bond motifs is 1. The normalized spacial score (nSPS) is 17.6. The average molecular weight is 547 g/mol. The van der Waals surface area contributed by atoms with Gasteiger partial charge in [0.2, 0.25) is 0 Å². The van der Waals surface area contributed by atoms with Crippen LogP contribution in [-0.2, 0) is 6.54 Å². The van der Waals surface area contributed by atoms with Crippen molar-refractivity contribution in [2.24, 2.45) is 0 Å². The molecule has 4 aromatic rings. The maximum absolute atomic E-state index is 9.91. The van der Waals surface area contributed by atoms with Gasteiger partial charge in [-0.15, -0.1) is 0 Å². The Morgan fingerprint density at radius 3 is 2.59 bits per heavy atom.